The van der Waals surface area contributed by atoms with Gasteiger partial charge in [0.1, 0.15) is 18.5 Å². The third-order valence-electron chi connectivity index (χ3n) is 4.16. The topological polar surface area (TPSA) is 21.8 Å². The summed E-state index contributed by atoms with van der Waals surface area (Å²) in [6, 6.07) is 18.8. The molecule has 2 aromatic carbocycles. The second-order valence-electron chi connectivity index (χ2n) is 8.63. The van der Waals surface area contributed by atoms with Gasteiger partial charge in [0, 0.05) is 0 Å². The summed E-state index contributed by atoms with van der Waals surface area (Å²) in [4.78, 5) is 0. The van der Waals surface area contributed by atoms with Gasteiger partial charge in [0.05, 0.1) is 6.61 Å². The molecule has 25 heavy (non-hydrogen) atoms. The number of epoxide rings is 1. The number of ether oxygens (including phenoxy) is 2. The molecule has 3 rings (SSSR count). The number of rotatable bonds is 3. The van der Waals surface area contributed by atoms with E-state index in [-0.39, 0.29) is 5.41 Å². The zero-order valence-electron chi connectivity index (χ0n) is 16.5. The third-order valence-corrected chi connectivity index (χ3v) is 4.16. The summed E-state index contributed by atoms with van der Waals surface area (Å²) in [5, 5.41) is 0. The first-order chi connectivity index (χ1) is 11.7. The molecule has 0 amide bonds. The minimum atomic E-state index is 0.126. The lowest BCUT2D eigenvalue weighted by molar-refractivity contribution is 0.258. The number of hydrogen-bond donors (Lipinski definition) is 0. The van der Waals surface area contributed by atoms with Crippen molar-refractivity contribution in [3.63, 3.8) is 0 Å². The predicted octanol–water partition coefficient (Wildman–Crippen LogP) is 5.75. The van der Waals surface area contributed by atoms with E-state index in [1.807, 2.05) is 12.1 Å². The number of benzene rings is 2. The second-order valence-corrected chi connectivity index (χ2v) is 8.63. The molecule has 1 saturated heterocycles. The average Bonchev–Trinajstić information content (AvgIpc) is 3.37. The van der Waals surface area contributed by atoms with Crippen LogP contribution >= 0.6 is 0 Å². The molecule has 0 bridgehead atoms. The Hall–Kier alpha value is -1.80. The molecule has 0 aliphatic carbocycles. The quantitative estimate of drug-likeness (QED) is 0.664. The lowest BCUT2D eigenvalue weighted by Gasteiger charge is -2.22. The molecular weight excluding hydrogens is 308 g/mol. The molecule has 1 heterocycles. The fraction of sp³-hybridized carbons (Fsp3) is 0.478. The molecule has 1 aliphatic rings. The van der Waals surface area contributed by atoms with Crippen molar-refractivity contribution in [2.24, 2.45) is 0 Å². The maximum Gasteiger partial charge on any atom is 0.123 e. The van der Waals surface area contributed by atoms with E-state index in [9.17, 15) is 0 Å². The van der Waals surface area contributed by atoms with E-state index in [0.717, 1.165) is 12.4 Å². The van der Waals surface area contributed by atoms with Crippen molar-refractivity contribution in [3.05, 3.63) is 65.7 Å². The van der Waals surface area contributed by atoms with Crippen molar-refractivity contribution in [3.8, 4) is 5.75 Å². The normalized spacial score (nSPS) is 16.6. The Morgan fingerprint density at radius 1 is 0.840 bits per heavy atom. The van der Waals surface area contributed by atoms with E-state index >= 15 is 0 Å². The molecule has 2 aromatic rings. The van der Waals surface area contributed by atoms with Gasteiger partial charge < -0.3 is 9.47 Å². The van der Waals surface area contributed by atoms with E-state index in [1.165, 1.54) is 11.1 Å². The highest BCUT2D eigenvalue weighted by Gasteiger charge is 2.25. The molecule has 2 heteroatoms. The summed E-state index contributed by atoms with van der Waals surface area (Å²) >= 11 is 0. The molecule has 2 nitrogen and oxygen atoms in total. The molecular formula is C23H32O2. The highest BCUT2D eigenvalue weighted by Crippen LogP contribution is 2.31. The summed E-state index contributed by atoms with van der Waals surface area (Å²) in [6.45, 7) is 14.8. The highest BCUT2D eigenvalue weighted by atomic mass is 16.6. The van der Waals surface area contributed by atoms with Gasteiger partial charge in [-0.25, -0.2) is 0 Å². The van der Waals surface area contributed by atoms with Crippen LogP contribution in [0.4, 0.5) is 0 Å². The van der Waals surface area contributed by atoms with E-state index < -0.39 is 0 Å². The van der Waals surface area contributed by atoms with Gasteiger partial charge in [-0.15, -0.1) is 0 Å². The Balaban J connectivity index is 0.000000196. The van der Waals surface area contributed by atoms with Crippen LogP contribution in [-0.4, -0.2) is 19.3 Å². The first-order valence-electron chi connectivity index (χ1n) is 9.07. The van der Waals surface area contributed by atoms with Crippen LogP contribution in [0.1, 0.15) is 52.7 Å². The maximum absolute atomic E-state index is 5.76. The average molecular weight is 341 g/mol. The molecule has 136 valence electrons. The lowest BCUT2D eigenvalue weighted by Crippen LogP contribution is -2.14. The summed E-state index contributed by atoms with van der Waals surface area (Å²) < 4.78 is 10.9. The Labute approximate surface area is 153 Å². The summed E-state index contributed by atoms with van der Waals surface area (Å²) in [6.07, 6.45) is 0.318. The van der Waals surface area contributed by atoms with Crippen LogP contribution < -0.4 is 4.74 Å². The fourth-order valence-electron chi connectivity index (χ4n) is 2.50. The molecule has 0 saturated carbocycles. The first kappa shape index (κ1) is 19.5. The smallest absolute Gasteiger partial charge is 0.123 e. The van der Waals surface area contributed by atoms with Crippen LogP contribution in [0.25, 0.3) is 0 Å². The Bertz CT molecular complexity index is 644. The number of para-hydroxylation sites is 1. The fourth-order valence-corrected chi connectivity index (χ4v) is 2.50. The van der Waals surface area contributed by atoms with Crippen molar-refractivity contribution in [2.45, 2.75) is 58.5 Å². The van der Waals surface area contributed by atoms with Gasteiger partial charge in [0.2, 0.25) is 0 Å². The monoisotopic (exact) mass is 340 g/mol. The Morgan fingerprint density at radius 3 is 1.88 bits per heavy atom. The van der Waals surface area contributed by atoms with Gasteiger partial charge in [-0.05, 0) is 28.0 Å². The van der Waals surface area contributed by atoms with Crippen LogP contribution in [0.5, 0.6) is 5.75 Å². The van der Waals surface area contributed by atoms with Crippen LogP contribution in [0, 0.1) is 0 Å². The van der Waals surface area contributed by atoms with Crippen LogP contribution in [-0.2, 0) is 15.6 Å². The van der Waals surface area contributed by atoms with Gasteiger partial charge >= 0.3 is 0 Å². The van der Waals surface area contributed by atoms with Crippen molar-refractivity contribution in [1.29, 1.82) is 0 Å². The largest absolute Gasteiger partial charge is 0.490 e. The van der Waals surface area contributed by atoms with E-state index in [2.05, 4.69) is 84.0 Å². The van der Waals surface area contributed by atoms with Gasteiger partial charge in [-0.1, -0.05) is 90.1 Å². The highest BCUT2D eigenvalue weighted by molar-refractivity contribution is 5.38. The zero-order chi connectivity index (χ0) is 18.5. The third kappa shape index (κ3) is 6.55. The minimum Gasteiger partial charge on any atom is -0.490 e. The predicted molar refractivity (Wildman–Crippen MR) is 106 cm³/mol. The van der Waals surface area contributed by atoms with Gasteiger partial charge in [-0.3, -0.25) is 0 Å². The molecule has 1 fully saturated rings. The second kappa shape index (κ2) is 8.05. The van der Waals surface area contributed by atoms with Crippen molar-refractivity contribution in [1.82, 2.24) is 0 Å². The van der Waals surface area contributed by atoms with Crippen LogP contribution in [0.3, 0.4) is 0 Å². The Kier molecular flexibility index (Phi) is 6.29. The van der Waals surface area contributed by atoms with Gasteiger partial charge in [-0.2, -0.15) is 0 Å². The standard InChI is InChI=1S/C13H18O2.C10H14/c1-13(2,3)11-6-4-5-7-12(11)15-9-10-8-14-10;1-10(2,3)9-7-5-4-6-8-9/h4-7,10H,8-9H2,1-3H3;4-8H,1-3H3. The summed E-state index contributed by atoms with van der Waals surface area (Å²) in [5.74, 6) is 0.987. The molecule has 0 aromatic heterocycles. The summed E-state index contributed by atoms with van der Waals surface area (Å²) in [5.41, 5.74) is 3.07. The van der Waals surface area contributed by atoms with Crippen molar-refractivity contribution < 1.29 is 9.47 Å². The van der Waals surface area contributed by atoms with Gasteiger partial charge in [0.25, 0.3) is 0 Å². The molecule has 0 radical (unpaired) electrons. The number of hydrogen-bond acceptors (Lipinski definition) is 2. The molecule has 1 aliphatic heterocycles. The first-order valence-corrected chi connectivity index (χ1v) is 9.07. The summed E-state index contributed by atoms with van der Waals surface area (Å²) in [7, 11) is 0. The zero-order valence-corrected chi connectivity index (χ0v) is 16.5. The van der Waals surface area contributed by atoms with E-state index in [1.54, 1.807) is 0 Å². The van der Waals surface area contributed by atoms with E-state index in [0.29, 0.717) is 18.1 Å². The lowest BCUT2D eigenvalue weighted by atomic mass is 9.86. The molecule has 0 spiro atoms. The minimum absolute atomic E-state index is 0.126. The van der Waals surface area contributed by atoms with Crippen LogP contribution in [0.2, 0.25) is 0 Å². The molecule has 1 atom stereocenters. The van der Waals surface area contributed by atoms with Crippen molar-refractivity contribution >= 4 is 0 Å². The van der Waals surface area contributed by atoms with Crippen LogP contribution in [0.15, 0.2) is 54.6 Å². The maximum atomic E-state index is 5.76. The Morgan fingerprint density at radius 2 is 1.40 bits per heavy atom. The SMILES string of the molecule is CC(C)(C)c1ccccc1.CC(C)(C)c1ccccc1OCC1CO1. The molecule has 0 N–H and O–H groups in total. The van der Waals surface area contributed by atoms with Crippen molar-refractivity contribution in [2.75, 3.05) is 13.2 Å². The van der Waals surface area contributed by atoms with E-state index in [4.69, 9.17) is 9.47 Å². The van der Waals surface area contributed by atoms with Gasteiger partial charge in [0.15, 0.2) is 0 Å². The molecule has 1 unspecified atom stereocenters.